The van der Waals surface area contributed by atoms with Gasteiger partial charge in [-0.05, 0) is 13.1 Å². The second kappa shape index (κ2) is 3.81. The van der Waals surface area contributed by atoms with Gasteiger partial charge in [0.1, 0.15) is 5.58 Å². The molecule has 0 saturated heterocycles. The average molecular weight is 230 g/mol. The predicted octanol–water partition coefficient (Wildman–Crippen LogP) is 3.46. The van der Waals surface area contributed by atoms with E-state index in [9.17, 15) is 0 Å². The first-order valence-electron chi connectivity index (χ1n) is 4.22. The zero-order chi connectivity index (χ0) is 10.1. The Bertz CT molecular complexity index is 464. The zero-order valence-electron chi connectivity index (χ0n) is 7.60. The summed E-state index contributed by atoms with van der Waals surface area (Å²) in [6.07, 6.45) is 1.70. The second-order valence-corrected chi connectivity index (χ2v) is 3.90. The molecule has 0 amide bonds. The molecule has 2 rings (SSSR count). The normalized spacial score (nSPS) is 11.1. The number of benzene rings is 1. The Labute approximate surface area is 91.8 Å². The maximum Gasteiger partial charge on any atom is 0.137 e. The van der Waals surface area contributed by atoms with Crippen LogP contribution in [0.2, 0.25) is 10.0 Å². The molecule has 1 aromatic carbocycles. The van der Waals surface area contributed by atoms with Crippen LogP contribution in [0.3, 0.4) is 0 Å². The fourth-order valence-corrected chi connectivity index (χ4v) is 2.06. The van der Waals surface area contributed by atoms with Crippen LogP contribution in [0, 0.1) is 0 Å². The van der Waals surface area contributed by atoms with Crippen molar-refractivity contribution >= 4 is 34.2 Å². The molecule has 0 aliphatic heterocycles. The Balaban J connectivity index is 2.66. The van der Waals surface area contributed by atoms with E-state index in [2.05, 4.69) is 5.32 Å². The van der Waals surface area contributed by atoms with E-state index in [1.165, 1.54) is 0 Å². The van der Waals surface area contributed by atoms with Gasteiger partial charge in [0, 0.05) is 28.6 Å². The number of rotatable bonds is 2. The summed E-state index contributed by atoms with van der Waals surface area (Å²) in [6.45, 7) is 0.731. The van der Waals surface area contributed by atoms with Crippen molar-refractivity contribution in [3.05, 3.63) is 34.0 Å². The highest BCUT2D eigenvalue weighted by molar-refractivity contribution is 6.38. The SMILES string of the molecule is CNCc1coc2cc(Cl)cc(Cl)c12. The maximum atomic E-state index is 6.07. The van der Waals surface area contributed by atoms with Gasteiger partial charge < -0.3 is 9.73 Å². The van der Waals surface area contributed by atoms with Crippen LogP contribution in [0.25, 0.3) is 11.0 Å². The monoisotopic (exact) mass is 229 g/mol. The fraction of sp³-hybridized carbons (Fsp3) is 0.200. The molecule has 74 valence electrons. The van der Waals surface area contributed by atoms with E-state index >= 15 is 0 Å². The Morgan fingerprint density at radius 1 is 1.36 bits per heavy atom. The summed E-state index contributed by atoms with van der Waals surface area (Å²) in [4.78, 5) is 0. The van der Waals surface area contributed by atoms with Crippen molar-refractivity contribution in [1.29, 1.82) is 0 Å². The minimum atomic E-state index is 0.591. The molecule has 0 atom stereocenters. The lowest BCUT2D eigenvalue weighted by Gasteiger charge is -1.98. The van der Waals surface area contributed by atoms with E-state index in [4.69, 9.17) is 27.6 Å². The molecule has 1 aromatic heterocycles. The van der Waals surface area contributed by atoms with Crippen molar-refractivity contribution in [2.24, 2.45) is 0 Å². The van der Waals surface area contributed by atoms with Gasteiger partial charge in [0.25, 0.3) is 0 Å². The van der Waals surface area contributed by atoms with E-state index < -0.39 is 0 Å². The summed E-state index contributed by atoms with van der Waals surface area (Å²) in [5, 5.41) is 5.21. The number of nitrogens with one attached hydrogen (secondary N) is 1. The van der Waals surface area contributed by atoms with Crippen LogP contribution >= 0.6 is 23.2 Å². The van der Waals surface area contributed by atoms with E-state index in [-0.39, 0.29) is 0 Å². The van der Waals surface area contributed by atoms with Gasteiger partial charge in [-0.3, -0.25) is 0 Å². The topological polar surface area (TPSA) is 25.2 Å². The standard InChI is InChI=1S/C10H9Cl2NO/c1-13-4-6-5-14-9-3-7(11)2-8(12)10(6)9/h2-3,5,13H,4H2,1H3. The largest absolute Gasteiger partial charge is 0.464 e. The van der Waals surface area contributed by atoms with Crippen LogP contribution in [0.15, 0.2) is 22.8 Å². The lowest BCUT2D eigenvalue weighted by atomic mass is 10.2. The molecule has 0 aliphatic rings. The van der Waals surface area contributed by atoms with Crippen LogP contribution in [0.1, 0.15) is 5.56 Å². The molecule has 4 heteroatoms. The van der Waals surface area contributed by atoms with Gasteiger partial charge in [0.05, 0.1) is 11.3 Å². The molecule has 0 aliphatic carbocycles. The van der Waals surface area contributed by atoms with Gasteiger partial charge in [-0.15, -0.1) is 0 Å². The van der Waals surface area contributed by atoms with Crippen molar-refractivity contribution in [3.8, 4) is 0 Å². The van der Waals surface area contributed by atoms with Gasteiger partial charge in [0.15, 0.2) is 0 Å². The summed E-state index contributed by atoms with van der Waals surface area (Å²) in [6, 6.07) is 3.49. The Morgan fingerprint density at radius 2 is 2.14 bits per heavy atom. The third-order valence-corrected chi connectivity index (χ3v) is 2.55. The molecular formula is C10H9Cl2NO. The minimum absolute atomic E-state index is 0.591. The summed E-state index contributed by atoms with van der Waals surface area (Å²) in [5.74, 6) is 0. The molecule has 0 fully saturated rings. The Morgan fingerprint density at radius 3 is 2.86 bits per heavy atom. The predicted molar refractivity (Wildman–Crippen MR) is 59.0 cm³/mol. The van der Waals surface area contributed by atoms with E-state index in [1.54, 1.807) is 18.4 Å². The molecule has 0 radical (unpaired) electrons. The van der Waals surface area contributed by atoms with Crippen molar-refractivity contribution in [3.63, 3.8) is 0 Å². The molecule has 1 heterocycles. The fourth-order valence-electron chi connectivity index (χ4n) is 1.47. The van der Waals surface area contributed by atoms with Crippen LogP contribution in [0.5, 0.6) is 0 Å². The van der Waals surface area contributed by atoms with Crippen molar-refractivity contribution in [2.45, 2.75) is 6.54 Å². The summed E-state index contributed by atoms with van der Waals surface area (Å²) in [7, 11) is 1.88. The van der Waals surface area contributed by atoms with Crippen LogP contribution < -0.4 is 5.32 Å². The smallest absolute Gasteiger partial charge is 0.137 e. The summed E-state index contributed by atoms with van der Waals surface area (Å²) >= 11 is 11.9. The van der Waals surface area contributed by atoms with E-state index in [0.717, 1.165) is 23.1 Å². The van der Waals surface area contributed by atoms with Gasteiger partial charge >= 0.3 is 0 Å². The summed E-state index contributed by atoms with van der Waals surface area (Å²) in [5.41, 5.74) is 1.77. The quantitative estimate of drug-likeness (QED) is 0.854. The number of hydrogen-bond acceptors (Lipinski definition) is 2. The molecule has 0 saturated carbocycles. The van der Waals surface area contributed by atoms with Crippen LogP contribution in [-0.4, -0.2) is 7.05 Å². The van der Waals surface area contributed by atoms with Gasteiger partial charge in [-0.1, -0.05) is 23.2 Å². The van der Waals surface area contributed by atoms with Crippen molar-refractivity contribution < 1.29 is 4.42 Å². The van der Waals surface area contributed by atoms with E-state index in [0.29, 0.717) is 10.0 Å². The van der Waals surface area contributed by atoms with Crippen LogP contribution in [0.4, 0.5) is 0 Å². The molecule has 2 nitrogen and oxygen atoms in total. The number of halogens is 2. The molecule has 0 bridgehead atoms. The average Bonchev–Trinajstić information content (AvgIpc) is 2.49. The Kier molecular flexibility index (Phi) is 2.68. The van der Waals surface area contributed by atoms with Crippen molar-refractivity contribution in [2.75, 3.05) is 7.05 Å². The highest BCUT2D eigenvalue weighted by Gasteiger charge is 2.09. The molecule has 2 aromatic rings. The molecule has 14 heavy (non-hydrogen) atoms. The first-order chi connectivity index (χ1) is 6.72. The third kappa shape index (κ3) is 1.61. The highest BCUT2D eigenvalue weighted by atomic mass is 35.5. The number of fused-ring (bicyclic) bond motifs is 1. The third-order valence-electron chi connectivity index (χ3n) is 2.04. The highest BCUT2D eigenvalue weighted by Crippen LogP contribution is 2.31. The molecular weight excluding hydrogens is 221 g/mol. The molecule has 0 spiro atoms. The molecule has 1 N–H and O–H groups in total. The van der Waals surface area contributed by atoms with Gasteiger partial charge in [0.2, 0.25) is 0 Å². The lowest BCUT2D eigenvalue weighted by Crippen LogP contribution is -2.04. The van der Waals surface area contributed by atoms with E-state index in [1.807, 2.05) is 7.05 Å². The lowest BCUT2D eigenvalue weighted by molar-refractivity contribution is 0.607. The number of furan rings is 1. The molecule has 0 unspecified atom stereocenters. The first-order valence-corrected chi connectivity index (χ1v) is 4.97. The maximum absolute atomic E-state index is 6.07. The second-order valence-electron chi connectivity index (χ2n) is 3.05. The minimum Gasteiger partial charge on any atom is -0.464 e. The summed E-state index contributed by atoms with van der Waals surface area (Å²) < 4.78 is 5.35. The zero-order valence-corrected chi connectivity index (χ0v) is 9.12. The van der Waals surface area contributed by atoms with Gasteiger partial charge in [-0.2, -0.15) is 0 Å². The Hall–Kier alpha value is -0.700. The first kappa shape index (κ1) is 9.84. The van der Waals surface area contributed by atoms with Crippen LogP contribution in [-0.2, 0) is 6.54 Å². The van der Waals surface area contributed by atoms with Gasteiger partial charge in [-0.25, -0.2) is 0 Å². The number of hydrogen-bond donors (Lipinski definition) is 1. The van der Waals surface area contributed by atoms with Crippen molar-refractivity contribution in [1.82, 2.24) is 5.32 Å².